The second-order valence-electron chi connectivity index (χ2n) is 1.05. The van der Waals surface area contributed by atoms with Crippen LogP contribution in [0.1, 0.15) is 0 Å². The molecular weight excluding hydrogens is 162 g/mol. The quantitative estimate of drug-likeness (QED) is 0.531. The van der Waals surface area contributed by atoms with E-state index in [0.29, 0.717) is 0 Å². The van der Waals surface area contributed by atoms with E-state index in [1.54, 1.807) is 0 Å². The molecule has 0 aliphatic rings. The van der Waals surface area contributed by atoms with Gasteiger partial charge in [0.2, 0.25) is 5.91 Å². The first-order valence-electron chi connectivity index (χ1n) is 1.72. The van der Waals surface area contributed by atoms with Crippen molar-refractivity contribution in [2.75, 3.05) is 6.61 Å². The Balaban J connectivity index is 3.34. The van der Waals surface area contributed by atoms with E-state index < -0.39 is 10.7 Å². The molecule has 4 heteroatoms. The minimum atomic E-state index is -0.590. The number of primary amides is 1. The average molecular weight is 168 g/mol. The van der Waals surface area contributed by atoms with Gasteiger partial charge in [0.05, 0.1) is 6.61 Å². The molecule has 0 radical (unpaired) electrons. The molecule has 0 saturated heterocycles. The molecule has 0 aromatic rings. The molecule has 0 bridgehead atoms. The highest BCUT2D eigenvalue weighted by Crippen LogP contribution is 1.93. The number of amides is 1. The van der Waals surface area contributed by atoms with E-state index in [-0.39, 0.29) is 6.61 Å². The van der Waals surface area contributed by atoms with Gasteiger partial charge in [0.15, 0.2) is 0 Å². The lowest BCUT2D eigenvalue weighted by molar-refractivity contribution is -0.117. The minimum absolute atomic E-state index is 0.241. The summed E-state index contributed by atoms with van der Waals surface area (Å²) in [6.45, 7) is -0.241. The molecule has 0 heterocycles. The molecule has 7 heavy (non-hydrogen) atoms. The second-order valence-corrected chi connectivity index (χ2v) is 2.16. The summed E-state index contributed by atoms with van der Waals surface area (Å²) < 4.78 is 0. The molecule has 0 unspecified atom stereocenters. The number of hydrogen-bond acceptors (Lipinski definition) is 2. The number of halogens is 1. The van der Waals surface area contributed by atoms with Gasteiger partial charge >= 0.3 is 0 Å². The van der Waals surface area contributed by atoms with Gasteiger partial charge in [-0.15, -0.1) is 0 Å². The Kier molecular flexibility index (Phi) is 2.95. The molecular formula is C3H6BrNO2. The molecule has 0 spiro atoms. The number of aliphatic hydroxyl groups excluding tert-OH is 1. The summed E-state index contributed by atoms with van der Waals surface area (Å²) in [5, 5.41) is 8.16. The summed E-state index contributed by atoms with van der Waals surface area (Å²) >= 11 is 2.82. The van der Waals surface area contributed by atoms with E-state index in [2.05, 4.69) is 15.9 Å². The van der Waals surface area contributed by atoms with Crippen LogP contribution in [0.3, 0.4) is 0 Å². The number of nitrogens with two attached hydrogens (primary N) is 1. The lowest BCUT2D eigenvalue weighted by atomic mass is 10.4. The molecule has 42 valence electrons. The highest BCUT2D eigenvalue weighted by molar-refractivity contribution is 9.10. The summed E-state index contributed by atoms with van der Waals surface area (Å²) in [6.07, 6.45) is 0. The number of carbonyl (C=O) groups excluding carboxylic acids is 1. The number of carbonyl (C=O) groups is 1. The lowest BCUT2D eigenvalue weighted by Crippen LogP contribution is -2.25. The third-order valence-corrected chi connectivity index (χ3v) is 1.21. The first-order chi connectivity index (χ1) is 3.18. The van der Waals surface area contributed by atoms with Gasteiger partial charge in [0.1, 0.15) is 4.83 Å². The molecule has 1 atom stereocenters. The molecule has 3 N–H and O–H groups in total. The molecule has 0 fully saturated rings. The van der Waals surface area contributed by atoms with Crippen molar-refractivity contribution in [3.8, 4) is 0 Å². The van der Waals surface area contributed by atoms with Gasteiger partial charge in [0, 0.05) is 0 Å². The van der Waals surface area contributed by atoms with Crippen LogP contribution in [-0.2, 0) is 4.79 Å². The topological polar surface area (TPSA) is 63.3 Å². The van der Waals surface area contributed by atoms with Crippen LogP contribution in [0.4, 0.5) is 0 Å². The Morgan fingerprint density at radius 3 is 2.43 bits per heavy atom. The van der Waals surface area contributed by atoms with E-state index in [1.807, 2.05) is 0 Å². The first kappa shape index (κ1) is 6.91. The Hall–Kier alpha value is -0.0900. The van der Waals surface area contributed by atoms with Gasteiger partial charge in [-0.3, -0.25) is 4.79 Å². The minimum Gasteiger partial charge on any atom is -0.395 e. The Morgan fingerprint density at radius 2 is 2.43 bits per heavy atom. The van der Waals surface area contributed by atoms with Gasteiger partial charge in [-0.05, 0) is 0 Å². The third-order valence-electron chi connectivity index (χ3n) is 0.469. The van der Waals surface area contributed by atoms with Gasteiger partial charge in [-0.1, -0.05) is 15.9 Å². The van der Waals surface area contributed by atoms with E-state index in [9.17, 15) is 4.79 Å². The van der Waals surface area contributed by atoms with Gasteiger partial charge in [-0.25, -0.2) is 0 Å². The maximum absolute atomic E-state index is 9.95. The fourth-order valence-corrected chi connectivity index (χ4v) is 0.0900. The first-order valence-corrected chi connectivity index (χ1v) is 2.64. The van der Waals surface area contributed by atoms with Crippen molar-refractivity contribution in [1.29, 1.82) is 0 Å². The van der Waals surface area contributed by atoms with Crippen LogP contribution < -0.4 is 5.73 Å². The van der Waals surface area contributed by atoms with Gasteiger partial charge in [-0.2, -0.15) is 0 Å². The van der Waals surface area contributed by atoms with E-state index >= 15 is 0 Å². The molecule has 0 aliphatic carbocycles. The predicted octanol–water partition coefficient (Wildman–Crippen LogP) is -0.773. The SMILES string of the molecule is NC(=O)[C@@H](Br)CO. The number of rotatable bonds is 2. The van der Waals surface area contributed by atoms with Crippen LogP contribution in [0.2, 0.25) is 0 Å². The van der Waals surface area contributed by atoms with E-state index in [4.69, 9.17) is 10.8 Å². The zero-order valence-corrected chi connectivity index (χ0v) is 5.18. The standard InChI is InChI=1S/C3H6BrNO2/c4-2(1-6)3(5)7/h2,6H,1H2,(H2,5,7)/t2-/m0/s1. The molecule has 0 rings (SSSR count). The third kappa shape index (κ3) is 2.59. The van der Waals surface area contributed by atoms with Crippen LogP contribution in [0.25, 0.3) is 0 Å². The van der Waals surface area contributed by atoms with Crippen LogP contribution in [-0.4, -0.2) is 22.4 Å². The van der Waals surface area contributed by atoms with Crippen LogP contribution in [0.15, 0.2) is 0 Å². The molecule has 1 amide bonds. The molecule has 3 nitrogen and oxygen atoms in total. The lowest BCUT2D eigenvalue weighted by Gasteiger charge is -1.95. The second kappa shape index (κ2) is 2.98. The van der Waals surface area contributed by atoms with Crippen LogP contribution in [0.5, 0.6) is 0 Å². The van der Waals surface area contributed by atoms with Crippen molar-refractivity contribution in [2.24, 2.45) is 5.73 Å². The van der Waals surface area contributed by atoms with E-state index in [0.717, 1.165) is 0 Å². The Morgan fingerprint density at radius 1 is 2.00 bits per heavy atom. The van der Waals surface area contributed by atoms with Crippen molar-refractivity contribution in [1.82, 2.24) is 0 Å². The molecule has 0 aromatic heterocycles. The number of hydrogen-bond donors (Lipinski definition) is 2. The summed E-state index contributed by atoms with van der Waals surface area (Å²) in [6, 6.07) is 0. The fraction of sp³-hybridized carbons (Fsp3) is 0.667. The Bertz CT molecular complexity index is 75.3. The number of aliphatic hydroxyl groups is 1. The molecule has 0 aromatic carbocycles. The zero-order valence-electron chi connectivity index (χ0n) is 3.60. The van der Waals surface area contributed by atoms with Crippen molar-refractivity contribution >= 4 is 21.8 Å². The highest BCUT2D eigenvalue weighted by Gasteiger charge is 2.06. The van der Waals surface area contributed by atoms with Gasteiger partial charge in [0.25, 0.3) is 0 Å². The maximum atomic E-state index is 9.95. The largest absolute Gasteiger partial charge is 0.395 e. The normalized spacial score (nSPS) is 13.4. The summed E-state index contributed by atoms with van der Waals surface area (Å²) in [4.78, 5) is 9.36. The van der Waals surface area contributed by atoms with Crippen molar-refractivity contribution < 1.29 is 9.90 Å². The van der Waals surface area contributed by atoms with Gasteiger partial charge < -0.3 is 10.8 Å². The fourth-order valence-electron chi connectivity index (χ4n) is 0.0900. The smallest absolute Gasteiger partial charge is 0.233 e. The monoisotopic (exact) mass is 167 g/mol. The number of alkyl halides is 1. The summed E-state index contributed by atoms with van der Waals surface area (Å²) in [7, 11) is 0. The zero-order chi connectivity index (χ0) is 5.86. The van der Waals surface area contributed by atoms with E-state index in [1.165, 1.54) is 0 Å². The summed E-state index contributed by atoms with van der Waals surface area (Å²) in [5.41, 5.74) is 4.70. The van der Waals surface area contributed by atoms with Crippen molar-refractivity contribution in [2.45, 2.75) is 4.83 Å². The highest BCUT2D eigenvalue weighted by atomic mass is 79.9. The maximum Gasteiger partial charge on any atom is 0.233 e. The molecule has 0 saturated carbocycles. The van der Waals surface area contributed by atoms with Crippen LogP contribution >= 0.6 is 15.9 Å². The summed E-state index contributed by atoms with van der Waals surface area (Å²) in [5.74, 6) is -0.539. The molecule has 0 aliphatic heterocycles. The average Bonchev–Trinajstić information content (AvgIpc) is 1.65. The van der Waals surface area contributed by atoms with Crippen molar-refractivity contribution in [3.05, 3.63) is 0 Å². The van der Waals surface area contributed by atoms with Crippen LogP contribution in [0, 0.1) is 0 Å². The Labute approximate surface area is 49.6 Å². The van der Waals surface area contributed by atoms with Crippen molar-refractivity contribution in [3.63, 3.8) is 0 Å². The predicted molar refractivity (Wildman–Crippen MR) is 29.0 cm³/mol.